The molecule has 1 atom stereocenters. The lowest BCUT2D eigenvalue weighted by atomic mass is 9.82. The minimum absolute atomic E-state index is 0.0209. The normalized spacial score (nSPS) is 14.8. The molecule has 1 aliphatic heterocycles. The summed E-state index contributed by atoms with van der Waals surface area (Å²) in [6, 6.07) is 14.4. The zero-order valence-corrected chi connectivity index (χ0v) is 17.6. The van der Waals surface area contributed by atoms with Crippen LogP contribution in [0.1, 0.15) is 27.4 Å². The summed E-state index contributed by atoms with van der Waals surface area (Å²) in [5, 5.41) is 17.1. The van der Waals surface area contributed by atoms with Crippen LogP contribution in [-0.2, 0) is 4.74 Å². The number of fused-ring (bicyclic) bond motifs is 1. The number of carbonyl (C=O) groups is 1. The van der Waals surface area contributed by atoms with Crippen LogP contribution in [0.25, 0.3) is 11.3 Å². The number of nitrogens with one attached hydrogen (secondary N) is 1. The number of aromatic amines is 1. The van der Waals surface area contributed by atoms with E-state index in [1.807, 2.05) is 6.07 Å². The highest BCUT2D eigenvalue weighted by molar-refractivity contribution is 5.89. The van der Waals surface area contributed by atoms with Crippen LogP contribution < -0.4 is 19.9 Å². The number of nitrogens with zero attached hydrogens (tertiary/aromatic N) is 2. The first-order valence-electron chi connectivity index (χ1n) is 9.58. The van der Waals surface area contributed by atoms with E-state index in [4.69, 9.17) is 24.7 Å². The number of aromatic nitrogens is 2. The largest absolute Gasteiger partial charge is 0.493 e. The molecule has 9 nitrogen and oxygen atoms in total. The number of nitrogens with two attached hydrogens (primary N) is 1. The first kappa shape index (κ1) is 20.8. The molecule has 0 saturated heterocycles. The van der Waals surface area contributed by atoms with Gasteiger partial charge in [0, 0.05) is 5.56 Å². The Labute approximate surface area is 184 Å². The van der Waals surface area contributed by atoms with Gasteiger partial charge in [-0.2, -0.15) is 5.26 Å². The molecule has 0 fully saturated rings. The highest BCUT2D eigenvalue weighted by Gasteiger charge is 2.35. The van der Waals surface area contributed by atoms with Crippen LogP contribution in [-0.4, -0.2) is 37.5 Å². The van der Waals surface area contributed by atoms with Crippen molar-refractivity contribution < 1.29 is 23.7 Å². The van der Waals surface area contributed by atoms with E-state index in [9.17, 15) is 10.1 Å². The monoisotopic (exact) mass is 432 g/mol. The number of esters is 1. The topological polar surface area (TPSA) is 132 Å². The lowest BCUT2D eigenvalue weighted by Gasteiger charge is -2.24. The molecule has 1 aliphatic rings. The number of benzene rings is 2. The number of allylic oxidation sites excluding steroid dienone is 1. The van der Waals surface area contributed by atoms with Gasteiger partial charge in [0.15, 0.2) is 11.5 Å². The molecule has 0 unspecified atom stereocenters. The Kier molecular flexibility index (Phi) is 5.43. The second kappa shape index (κ2) is 8.35. The molecule has 0 amide bonds. The Balaban J connectivity index is 1.87. The molecule has 0 spiro atoms. The van der Waals surface area contributed by atoms with E-state index in [1.165, 1.54) is 7.11 Å². The van der Waals surface area contributed by atoms with Gasteiger partial charge in [0.2, 0.25) is 11.8 Å². The van der Waals surface area contributed by atoms with Crippen LogP contribution >= 0.6 is 0 Å². The van der Waals surface area contributed by atoms with E-state index in [2.05, 4.69) is 16.3 Å². The maximum atomic E-state index is 11.8. The highest BCUT2D eigenvalue weighted by atomic mass is 16.5. The molecule has 0 aliphatic carbocycles. The SMILES string of the molecule is COC(=O)c1ccc([C@H]2C(C#N)=C(N)Oc3n[nH]c(-c4ccc(OC)c(OC)c4)c32)cc1. The third kappa shape index (κ3) is 3.37. The maximum absolute atomic E-state index is 11.8. The minimum Gasteiger partial charge on any atom is -0.493 e. The third-order valence-corrected chi connectivity index (χ3v) is 5.28. The average molecular weight is 432 g/mol. The van der Waals surface area contributed by atoms with Gasteiger partial charge in [-0.1, -0.05) is 12.1 Å². The molecule has 2 aromatic carbocycles. The number of nitriles is 1. The summed E-state index contributed by atoms with van der Waals surface area (Å²) in [6.07, 6.45) is 0. The number of H-pyrrole nitrogens is 1. The van der Waals surface area contributed by atoms with Gasteiger partial charge in [0.05, 0.1) is 44.1 Å². The van der Waals surface area contributed by atoms with E-state index in [0.717, 1.165) is 11.1 Å². The van der Waals surface area contributed by atoms with Gasteiger partial charge in [0.25, 0.3) is 0 Å². The molecule has 0 radical (unpaired) electrons. The summed E-state index contributed by atoms with van der Waals surface area (Å²) in [4.78, 5) is 11.8. The van der Waals surface area contributed by atoms with Gasteiger partial charge >= 0.3 is 5.97 Å². The van der Waals surface area contributed by atoms with E-state index < -0.39 is 11.9 Å². The summed E-state index contributed by atoms with van der Waals surface area (Å²) < 4.78 is 21.1. The zero-order chi connectivity index (χ0) is 22.8. The molecule has 3 aromatic rings. The van der Waals surface area contributed by atoms with E-state index in [0.29, 0.717) is 28.3 Å². The number of methoxy groups -OCH3 is 3. The van der Waals surface area contributed by atoms with Gasteiger partial charge in [-0.05, 0) is 35.9 Å². The van der Waals surface area contributed by atoms with Crippen molar-refractivity contribution in [1.82, 2.24) is 10.2 Å². The highest BCUT2D eigenvalue weighted by Crippen LogP contribution is 2.46. The molecular weight excluding hydrogens is 412 g/mol. The van der Waals surface area contributed by atoms with Crippen LogP contribution in [0.4, 0.5) is 0 Å². The lowest BCUT2D eigenvalue weighted by molar-refractivity contribution is 0.0600. The molecule has 4 rings (SSSR count). The standard InChI is InChI=1S/C23H20N4O5/c1-29-16-9-8-14(10-17(16)30-2)20-19-18(12-4-6-13(7-5-12)23(28)31-3)15(11-24)21(25)32-22(19)27-26-20/h4-10,18H,25H2,1-3H3,(H,26,27)/t18-/m0/s1. The number of hydrogen-bond acceptors (Lipinski definition) is 8. The van der Waals surface area contributed by atoms with Gasteiger partial charge < -0.3 is 24.7 Å². The summed E-state index contributed by atoms with van der Waals surface area (Å²) in [5.41, 5.74) is 9.46. The second-order valence-corrected chi connectivity index (χ2v) is 6.93. The van der Waals surface area contributed by atoms with Crippen LogP contribution in [0.15, 0.2) is 53.9 Å². The summed E-state index contributed by atoms with van der Waals surface area (Å²) in [5.74, 6) is 0.365. The van der Waals surface area contributed by atoms with Crippen molar-refractivity contribution in [3.8, 4) is 34.7 Å². The predicted molar refractivity (Wildman–Crippen MR) is 114 cm³/mol. The van der Waals surface area contributed by atoms with Gasteiger partial charge in [-0.3, -0.25) is 5.10 Å². The second-order valence-electron chi connectivity index (χ2n) is 6.93. The third-order valence-electron chi connectivity index (χ3n) is 5.28. The number of ether oxygens (including phenoxy) is 4. The van der Waals surface area contributed by atoms with Gasteiger partial charge in [-0.25, -0.2) is 4.79 Å². The lowest BCUT2D eigenvalue weighted by Crippen LogP contribution is -2.21. The summed E-state index contributed by atoms with van der Waals surface area (Å²) in [6.45, 7) is 0. The van der Waals surface area contributed by atoms with Crippen LogP contribution in [0.5, 0.6) is 17.4 Å². The molecule has 3 N–H and O–H groups in total. The van der Waals surface area contributed by atoms with E-state index in [1.54, 1.807) is 50.6 Å². The molecule has 1 aromatic heterocycles. The molecule has 162 valence electrons. The predicted octanol–water partition coefficient (Wildman–Crippen LogP) is 3.10. The first-order chi connectivity index (χ1) is 15.5. The van der Waals surface area contributed by atoms with Crippen LogP contribution in [0.3, 0.4) is 0 Å². The number of hydrogen-bond donors (Lipinski definition) is 2. The number of rotatable bonds is 5. The van der Waals surface area contributed by atoms with E-state index in [-0.39, 0.29) is 17.3 Å². The van der Waals surface area contributed by atoms with Crippen molar-refractivity contribution >= 4 is 5.97 Å². The van der Waals surface area contributed by atoms with Crippen molar-refractivity contribution in [2.75, 3.05) is 21.3 Å². The fourth-order valence-electron chi connectivity index (χ4n) is 3.72. The van der Waals surface area contributed by atoms with Crippen molar-refractivity contribution in [2.24, 2.45) is 5.73 Å². The van der Waals surface area contributed by atoms with Crippen molar-refractivity contribution in [3.63, 3.8) is 0 Å². The van der Waals surface area contributed by atoms with E-state index >= 15 is 0 Å². The first-order valence-corrected chi connectivity index (χ1v) is 9.58. The molecule has 0 bridgehead atoms. The maximum Gasteiger partial charge on any atom is 0.337 e. The van der Waals surface area contributed by atoms with Crippen LogP contribution in [0, 0.1) is 11.3 Å². The fourth-order valence-corrected chi connectivity index (χ4v) is 3.72. The average Bonchev–Trinajstić information content (AvgIpc) is 3.25. The summed E-state index contributed by atoms with van der Waals surface area (Å²) in [7, 11) is 4.43. The van der Waals surface area contributed by atoms with Gasteiger partial charge in [-0.15, -0.1) is 5.10 Å². The molecule has 2 heterocycles. The molecular formula is C23H20N4O5. The van der Waals surface area contributed by atoms with Crippen molar-refractivity contribution in [1.29, 1.82) is 5.26 Å². The summed E-state index contributed by atoms with van der Waals surface area (Å²) >= 11 is 0. The van der Waals surface area contributed by atoms with Crippen molar-refractivity contribution in [2.45, 2.75) is 5.92 Å². The Morgan fingerprint density at radius 1 is 1.12 bits per heavy atom. The quantitative estimate of drug-likeness (QED) is 0.588. The van der Waals surface area contributed by atoms with Crippen molar-refractivity contribution in [3.05, 3.63) is 70.6 Å². The number of carbonyl (C=O) groups excluding carboxylic acids is 1. The smallest absolute Gasteiger partial charge is 0.337 e. The minimum atomic E-state index is -0.558. The van der Waals surface area contributed by atoms with Gasteiger partial charge in [0.1, 0.15) is 11.6 Å². The Bertz CT molecular complexity index is 1250. The fraction of sp³-hybridized carbons (Fsp3) is 0.174. The zero-order valence-electron chi connectivity index (χ0n) is 17.6. The molecule has 0 saturated carbocycles. The molecule has 32 heavy (non-hydrogen) atoms. The Hall–Kier alpha value is -4.45. The Morgan fingerprint density at radius 3 is 2.47 bits per heavy atom. The molecule has 9 heteroatoms. The van der Waals surface area contributed by atoms with Crippen LogP contribution in [0.2, 0.25) is 0 Å². The Morgan fingerprint density at radius 2 is 1.84 bits per heavy atom.